The third-order valence-electron chi connectivity index (χ3n) is 3.06. The number of carbonyl (C=O) groups excluding carboxylic acids is 2. The Morgan fingerprint density at radius 3 is 2.59 bits per heavy atom. The molecule has 6 heteroatoms. The first kappa shape index (κ1) is 16.2. The maximum atomic E-state index is 11.6. The summed E-state index contributed by atoms with van der Waals surface area (Å²) in [6, 6.07) is -0.427. The van der Waals surface area contributed by atoms with Crippen molar-refractivity contribution in [2.45, 2.75) is 26.3 Å². The minimum atomic E-state index is -0.427. The monoisotopic (exact) mass is 263 g/mol. The van der Waals surface area contributed by atoms with Crippen molar-refractivity contribution in [3.63, 3.8) is 0 Å². The number of carbonyl (C=O) groups is 2. The van der Waals surface area contributed by atoms with Crippen LogP contribution in [-0.4, -0.2) is 54.3 Å². The summed E-state index contributed by atoms with van der Waals surface area (Å²) in [6.07, 6.45) is 0.954. The Balaban J connectivity index is 0.00000256. The molecule has 0 radical (unpaired) electrons. The van der Waals surface area contributed by atoms with E-state index in [9.17, 15) is 9.59 Å². The predicted octanol–water partition coefficient (Wildman–Crippen LogP) is 0.0822. The molecule has 0 aliphatic carbocycles. The molecule has 2 atom stereocenters. The van der Waals surface area contributed by atoms with Gasteiger partial charge in [0.05, 0.1) is 6.04 Å². The van der Waals surface area contributed by atoms with Crippen LogP contribution in [-0.2, 0) is 9.59 Å². The Kier molecular flexibility index (Phi) is 6.49. The quantitative estimate of drug-likeness (QED) is 0.784. The molecule has 0 aromatic heterocycles. The SMILES string of the molecule is CC(=O)N(C)CC1CCN(C(=O)[C@H](C)N)C1.Cl. The summed E-state index contributed by atoms with van der Waals surface area (Å²) in [5, 5.41) is 0. The minimum Gasteiger partial charge on any atom is -0.346 e. The van der Waals surface area contributed by atoms with Crippen molar-refractivity contribution in [1.29, 1.82) is 0 Å². The van der Waals surface area contributed by atoms with Crippen LogP contribution in [0.2, 0.25) is 0 Å². The second-order valence-electron chi connectivity index (χ2n) is 4.63. The van der Waals surface area contributed by atoms with E-state index < -0.39 is 6.04 Å². The number of rotatable bonds is 3. The van der Waals surface area contributed by atoms with Crippen molar-refractivity contribution in [3.8, 4) is 0 Å². The molecule has 1 fully saturated rings. The van der Waals surface area contributed by atoms with Crippen molar-refractivity contribution in [2.24, 2.45) is 11.7 Å². The topological polar surface area (TPSA) is 66.6 Å². The Bertz CT molecular complexity index is 284. The second-order valence-corrected chi connectivity index (χ2v) is 4.63. The lowest BCUT2D eigenvalue weighted by Gasteiger charge is -2.21. The van der Waals surface area contributed by atoms with Gasteiger partial charge < -0.3 is 15.5 Å². The summed E-state index contributed by atoms with van der Waals surface area (Å²) in [6.45, 7) is 5.46. The Labute approximate surface area is 109 Å². The summed E-state index contributed by atoms with van der Waals surface area (Å²) >= 11 is 0. The van der Waals surface area contributed by atoms with Crippen LogP contribution < -0.4 is 5.73 Å². The first-order valence-electron chi connectivity index (χ1n) is 5.68. The van der Waals surface area contributed by atoms with E-state index >= 15 is 0 Å². The van der Waals surface area contributed by atoms with Gasteiger partial charge >= 0.3 is 0 Å². The van der Waals surface area contributed by atoms with Gasteiger partial charge in [-0.25, -0.2) is 0 Å². The molecule has 2 amide bonds. The molecule has 2 N–H and O–H groups in total. The van der Waals surface area contributed by atoms with E-state index in [4.69, 9.17) is 5.73 Å². The number of hydrogen-bond donors (Lipinski definition) is 1. The van der Waals surface area contributed by atoms with E-state index in [1.807, 2.05) is 0 Å². The normalized spacial score (nSPS) is 20.7. The lowest BCUT2D eigenvalue weighted by atomic mass is 10.1. The van der Waals surface area contributed by atoms with Crippen molar-refractivity contribution in [1.82, 2.24) is 9.80 Å². The van der Waals surface area contributed by atoms with E-state index in [0.29, 0.717) is 5.92 Å². The average molecular weight is 264 g/mol. The van der Waals surface area contributed by atoms with Gasteiger partial charge in [0.2, 0.25) is 11.8 Å². The van der Waals surface area contributed by atoms with Crippen molar-refractivity contribution in [2.75, 3.05) is 26.7 Å². The van der Waals surface area contributed by atoms with Gasteiger partial charge in [-0.3, -0.25) is 9.59 Å². The number of amides is 2. The lowest BCUT2D eigenvalue weighted by molar-refractivity contribution is -0.131. The zero-order chi connectivity index (χ0) is 12.3. The molecule has 0 saturated carbocycles. The van der Waals surface area contributed by atoms with Crippen LogP contribution in [0, 0.1) is 5.92 Å². The lowest BCUT2D eigenvalue weighted by Crippen LogP contribution is -2.41. The molecule has 1 rings (SSSR count). The zero-order valence-corrected chi connectivity index (χ0v) is 11.5. The van der Waals surface area contributed by atoms with Crippen LogP contribution in [0.15, 0.2) is 0 Å². The summed E-state index contributed by atoms with van der Waals surface area (Å²) < 4.78 is 0. The van der Waals surface area contributed by atoms with E-state index in [1.54, 1.807) is 30.7 Å². The molecular weight excluding hydrogens is 242 g/mol. The molecule has 0 spiro atoms. The van der Waals surface area contributed by atoms with Crippen LogP contribution in [0.25, 0.3) is 0 Å². The molecule has 1 saturated heterocycles. The van der Waals surface area contributed by atoms with Crippen LogP contribution in [0.3, 0.4) is 0 Å². The highest BCUT2D eigenvalue weighted by molar-refractivity contribution is 5.85. The van der Waals surface area contributed by atoms with Gasteiger partial charge in [0.25, 0.3) is 0 Å². The van der Waals surface area contributed by atoms with Gasteiger partial charge in [-0.1, -0.05) is 0 Å². The summed E-state index contributed by atoms with van der Waals surface area (Å²) in [4.78, 5) is 26.2. The van der Waals surface area contributed by atoms with Crippen molar-refractivity contribution < 1.29 is 9.59 Å². The Hall–Kier alpha value is -0.810. The van der Waals surface area contributed by atoms with Gasteiger partial charge in [-0.2, -0.15) is 0 Å². The van der Waals surface area contributed by atoms with Crippen molar-refractivity contribution >= 4 is 24.2 Å². The number of likely N-dealkylation sites (tertiary alicyclic amines) is 1. The van der Waals surface area contributed by atoms with Crippen LogP contribution in [0.1, 0.15) is 20.3 Å². The van der Waals surface area contributed by atoms with Gasteiger partial charge in [-0.05, 0) is 19.3 Å². The van der Waals surface area contributed by atoms with Crippen molar-refractivity contribution in [3.05, 3.63) is 0 Å². The Morgan fingerprint density at radius 1 is 1.53 bits per heavy atom. The van der Waals surface area contributed by atoms with E-state index in [2.05, 4.69) is 0 Å². The number of nitrogens with zero attached hydrogens (tertiary/aromatic N) is 2. The molecule has 5 nitrogen and oxygen atoms in total. The first-order chi connectivity index (χ1) is 7.41. The van der Waals surface area contributed by atoms with E-state index in [-0.39, 0.29) is 24.2 Å². The standard InChI is InChI=1S/C11H21N3O2.ClH/c1-8(12)11(16)14-5-4-10(7-14)6-13(3)9(2)15;/h8,10H,4-7,12H2,1-3H3;1H/t8-,10?;/m0./s1. The smallest absolute Gasteiger partial charge is 0.239 e. The minimum absolute atomic E-state index is 0. The second kappa shape index (κ2) is 6.81. The van der Waals surface area contributed by atoms with Gasteiger partial charge in [0.15, 0.2) is 0 Å². The predicted molar refractivity (Wildman–Crippen MR) is 68.9 cm³/mol. The average Bonchev–Trinajstić information content (AvgIpc) is 2.64. The van der Waals surface area contributed by atoms with Crippen LogP contribution >= 0.6 is 12.4 Å². The fourth-order valence-electron chi connectivity index (χ4n) is 1.99. The Morgan fingerprint density at radius 2 is 2.12 bits per heavy atom. The molecule has 1 heterocycles. The van der Waals surface area contributed by atoms with Gasteiger partial charge in [0.1, 0.15) is 0 Å². The molecule has 0 bridgehead atoms. The number of hydrogen-bond acceptors (Lipinski definition) is 3. The molecule has 100 valence electrons. The van der Waals surface area contributed by atoms with E-state index in [0.717, 1.165) is 26.1 Å². The molecule has 1 unspecified atom stereocenters. The first-order valence-corrected chi connectivity index (χ1v) is 5.68. The number of nitrogens with two attached hydrogens (primary N) is 1. The third kappa shape index (κ3) is 4.52. The van der Waals surface area contributed by atoms with Crippen LogP contribution in [0.4, 0.5) is 0 Å². The molecule has 0 aromatic carbocycles. The summed E-state index contributed by atoms with van der Waals surface area (Å²) in [5.41, 5.74) is 5.55. The fraction of sp³-hybridized carbons (Fsp3) is 0.818. The molecule has 1 aliphatic rings. The van der Waals surface area contributed by atoms with E-state index in [1.165, 1.54) is 0 Å². The van der Waals surface area contributed by atoms with Gasteiger partial charge in [-0.15, -0.1) is 12.4 Å². The highest BCUT2D eigenvalue weighted by Crippen LogP contribution is 2.17. The number of halogens is 1. The molecule has 1 aliphatic heterocycles. The van der Waals surface area contributed by atoms with Crippen LogP contribution in [0.5, 0.6) is 0 Å². The summed E-state index contributed by atoms with van der Waals surface area (Å²) in [7, 11) is 1.79. The van der Waals surface area contributed by atoms with Gasteiger partial charge in [0, 0.05) is 33.6 Å². The molecule has 17 heavy (non-hydrogen) atoms. The molecular formula is C11H22ClN3O2. The molecule has 0 aromatic rings. The maximum absolute atomic E-state index is 11.6. The zero-order valence-electron chi connectivity index (χ0n) is 10.7. The maximum Gasteiger partial charge on any atom is 0.239 e. The fourth-order valence-corrected chi connectivity index (χ4v) is 1.99. The highest BCUT2D eigenvalue weighted by Gasteiger charge is 2.28. The third-order valence-corrected chi connectivity index (χ3v) is 3.06. The summed E-state index contributed by atoms with van der Waals surface area (Å²) in [5.74, 6) is 0.460. The largest absolute Gasteiger partial charge is 0.346 e. The highest BCUT2D eigenvalue weighted by atomic mass is 35.5.